The molecule has 0 aliphatic carbocycles. The smallest absolute Gasteiger partial charge is 0.346 e. The molecule has 2 aromatic heterocycles. The Bertz CT molecular complexity index is 1160. The number of carboxylic acids is 2. The van der Waals surface area contributed by atoms with Crippen LogP contribution in [0.2, 0.25) is 0 Å². The first-order chi connectivity index (χ1) is 14.5. The van der Waals surface area contributed by atoms with Crippen LogP contribution in [0.4, 0.5) is 0 Å². The summed E-state index contributed by atoms with van der Waals surface area (Å²) < 4.78 is 26.8. The summed E-state index contributed by atoms with van der Waals surface area (Å²) in [5, 5.41) is 18.7. The van der Waals surface area contributed by atoms with Gasteiger partial charge in [-0.3, -0.25) is 4.79 Å². The van der Waals surface area contributed by atoms with Crippen molar-refractivity contribution in [2.24, 2.45) is 0 Å². The molecule has 1 amide bonds. The van der Waals surface area contributed by atoms with Gasteiger partial charge >= 0.3 is 11.9 Å². The Kier molecular flexibility index (Phi) is 6.56. The molecule has 0 bridgehead atoms. The third-order valence-corrected chi connectivity index (χ3v) is 10.2. The quantitative estimate of drug-likeness (QED) is 0.641. The molecule has 1 aliphatic heterocycles. The number of hydrogen-bond donors (Lipinski definition) is 2. The molecule has 0 unspecified atom stereocenters. The number of sulfonamides is 1. The Labute approximate surface area is 187 Å². The molecule has 1 aliphatic rings. The van der Waals surface area contributed by atoms with Gasteiger partial charge in [-0.1, -0.05) is 6.92 Å². The molecule has 12 heteroatoms. The van der Waals surface area contributed by atoms with Crippen molar-refractivity contribution in [2.45, 2.75) is 31.4 Å². The van der Waals surface area contributed by atoms with Gasteiger partial charge in [-0.05, 0) is 37.5 Å². The fourth-order valence-corrected chi connectivity index (χ4v) is 7.82. The number of aryl methyl sites for hydroxylation is 2. The van der Waals surface area contributed by atoms with Crippen LogP contribution in [0.5, 0.6) is 0 Å². The zero-order valence-corrected chi connectivity index (χ0v) is 19.6. The number of thiophene rings is 2. The Morgan fingerprint density at radius 1 is 1.03 bits per heavy atom. The maximum absolute atomic E-state index is 13.1. The summed E-state index contributed by atoms with van der Waals surface area (Å²) >= 11 is 1.88. The topological polar surface area (TPSA) is 132 Å². The fraction of sp³-hybridized carbons (Fsp3) is 0.421. The van der Waals surface area contributed by atoms with Crippen molar-refractivity contribution in [2.75, 3.05) is 26.2 Å². The van der Waals surface area contributed by atoms with Crippen molar-refractivity contribution in [3.05, 3.63) is 37.4 Å². The van der Waals surface area contributed by atoms with E-state index < -0.39 is 31.7 Å². The molecule has 1 saturated heterocycles. The van der Waals surface area contributed by atoms with E-state index in [2.05, 4.69) is 0 Å². The number of carbonyl (C=O) groups is 3. The summed E-state index contributed by atoms with van der Waals surface area (Å²) in [4.78, 5) is 38.8. The minimum absolute atomic E-state index is 0.00250. The Morgan fingerprint density at radius 2 is 1.65 bits per heavy atom. The van der Waals surface area contributed by atoms with Gasteiger partial charge in [-0.2, -0.15) is 4.31 Å². The first-order valence-corrected chi connectivity index (χ1v) is 12.5. The highest BCUT2D eigenvalue weighted by molar-refractivity contribution is 7.91. The third-order valence-electron chi connectivity index (χ3n) is 5.18. The van der Waals surface area contributed by atoms with E-state index >= 15 is 0 Å². The van der Waals surface area contributed by atoms with Crippen molar-refractivity contribution < 1.29 is 33.0 Å². The molecular formula is C19H22N2O7S3. The van der Waals surface area contributed by atoms with E-state index in [4.69, 9.17) is 0 Å². The van der Waals surface area contributed by atoms with Crippen LogP contribution < -0.4 is 0 Å². The average Bonchev–Trinajstić information content (AvgIpc) is 3.27. The summed E-state index contributed by atoms with van der Waals surface area (Å²) in [6.45, 7) is 5.57. The second-order valence-electron chi connectivity index (χ2n) is 7.10. The average molecular weight is 487 g/mol. The van der Waals surface area contributed by atoms with E-state index in [1.54, 1.807) is 4.90 Å². The zero-order valence-electron chi connectivity index (χ0n) is 17.2. The largest absolute Gasteiger partial charge is 0.478 e. The fourth-order valence-electron chi connectivity index (χ4n) is 3.50. The molecule has 9 nitrogen and oxygen atoms in total. The van der Waals surface area contributed by atoms with Gasteiger partial charge in [0.1, 0.15) is 4.88 Å². The lowest BCUT2D eigenvalue weighted by atomic mass is 10.2. The lowest BCUT2D eigenvalue weighted by Crippen LogP contribution is -2.50. The molecule has 31 heavy (non-hydrogen) atoms. The van der Waals surface area contributed by atoms with Gasteiger partial charge in [-0.25, -0.2) is 18.0 Å². The molecule has 168 valence electrons. The number of hydrogen-bond acceptors (Lipinski definition) is 7. The Hall–Kier alpha value is -2.28. The molecule has 0 spiro atoms. The number of carboxylic acid groups (broad SMARTS) is 2. The maximum atomic E-state index is 13.1. The number of rotatable bonds is 6. The van der Waals surface area contributed by atoms with Crippen molar-refractivity contribution >= 4 is 50.5 Å². The number of piperazine rings is 1. The number of nitrogens with zero attached hydrogens (tertiary/aromatic N) is 2. The number of amides is 1. The highest BCUT2D eigenvalue weighted by Gasteiger charge is 2.37. The predicted octanol–water partition coefficient (Wildman–Crippen LogP) is 2.53. The van der Waals surface area contributed by atoms with E-state index in [0.29, 0.717) is 16.2 Å². The number of aromatic carboxylic acids is 2. The monoisotopic (exact) mass is 486 g/mol. The maximum Gasteiger partial charge on any atom is 0.346 e. The molecule has 0 radical (unpaired) electrons. The van der Waals surface area contributed by atoms with Crippen LogP contribution >= 0.6 is 22.7 Å². The highest BCUT2D eigenvalue weighted by atomic mass is 32.2. The lowest BCUT2D eigenvalue weighted by Gasteiger charge is -2.33. The molecule has 0 saturated carbocycles. The van der Waals surface area contributed by atoms with Crippen LogP contribution in [0.3, 0.4) is 0 Å². The first-order valence-electron chi connectivity index (χ1n) is 9.47. The van der Waals surface area contributed by atoms with Gasteiger partial charge in [0, 0.05) is 31.1 Å². The summed E-state index contributed by atoms with van der Waals surface area (Å²) in [5.41, 5.74) is 0.458. The summed E-state index contributed by atoms with van der Waals surface area (Å²) in [7, 11) is -4.22. The predicted molar refractivity (Wildman–Crippen MR) is 116 cm³/mol. The van der Waals surface area contributed by atoms with Crippen LogP contribution in [0.1, 0.15) is 52.6 Å². The van der Waals surface area contributed by atoms with Crippen LogP contribution in [-0.2, 0) is 16.4 Å². The van der Waals surface area contributed by atoms with Gasteiger partial charge in [0.15, 0.2) is 4.21 Å². The molecular weight excluding hydrogens is 464 g/mol. The molecule has 1 fully saturated rings. The second-order valence-corrected chi connectivity index (χ2v) is 11.4. The van der Waals surface area contributed by atoms with Gasteiger partial charge < -0.3 is 15.1 Å². The molecule has 3 rings (SSSR count). The van der Waals surface area contributed by atoms with Crippen molar-refractivity contribution in [1.82, 2.24) is 9.21 Å². The summed E-state index contributed by atoms with van der Waals surface area (Å²) in [6, 6.07) is 1.84. The summed E-state index contributed by atoms with van der Waals surface area (Å²) in [5.74, 6) is -3.02. The van der Waals surface area contributed by atoms with Crippen molar-refractivity contribution in [3.63, 3.8) is 0 Å². The van der Waals surface area contributed by atoms with Gasteiger partial charge in [0.25, 0.3) is 15.9 Å². The van der Waals surface area contributed by atoms with E-state index in [9.17, 15) is 33.0 Å². The lowest BCUT2D eigenvalue weighted by molar-refractivity contribution is 0.0691. The zero-order chi connectivity index (χ0) is 23.1. The van der Waals surface area contributed by atoms with Crippen LogP contribution in [0.15, 0.2) is 10.3 Å². The van der Waals surface area contributed by atoms with Crippen molar-refractivity contribution in [1.29, 1.82) is 0 Å². The molecule has 2 N–H and O–H groups in total. The SMILES string of the molecule is CCc1sc(C(=O)N2CCN(S(=O)(=O)c3sc(C(=O)O)c(C)c3C(=O)O)CC2)cc1C. The van der Waals surface area contributed by atoms with E-state index in [-0.39, 0.29) is 42.5 Å². The van der Waals surface area contributed by atoms with Gasteiger partial charge in [0.2, 0.25) is 0 Å². The Morgan fingerprint density at radius 3 is 2.13 bits per heavy atom. The first kappa shape index (κ1) is 23.4. The van der Waals surface area contributed by atoms with Crippen molar-refractivity contribution in [3.8, 4) is 0 Å². The highest BCUT2D eigenvalue weighted by Crippen LogP contribution is 2.34. The standard InChI is InChI=1S/C19H22N2O7S3/c1-4-12-10(2)9-13(29-12)16(22)20-5-7-21(8-6-20)31(27,28)19-14(17(23)24)11(3)15(30-19)18(25)26/h9H,4-8H2,1-3H3,(H,23,24)(H,25,26). The second kappa shape index (κ2) is 8.69. The van der Waals surface area contributed by atoms with Crippen LogP contribution in [-0.4, -0.2) is 71.9 Å². The number of carbonyl (C=O) groups excluding carboxylic acids is 1. The van der Waals surface area contributed by atoms with Crippen LogP contribution in [0, 0.1) is 13.8 Å². The van der Waals surface area contributed by atoms with E-state index in [1.807, 2.05) is 19.9 Å². The summed E-state index contributed by atoms with van der Waals surface area (Å²) in [6.07, 6.45) is 0.834. The molecule has 3 heterocycles. The molecule has 0 aromatic carbocycles. The normalized spacial score (nSPS) is 15.3. The molecule has 2 aromatic rings. The minimum Gasteiger partial charge on any atom is -0.478 e. The third kappa shape index (κ3) is 4.25. The molecule has 0 atom stereocenters. The van der Waals surface area contributed by atoms with E-state index in [0.717, 1.165) is 21.2 Å². The van der Waals surface area contributed by atoms with Crippen LogP contribution in [0.25, 0.3) is 0 Å². The minimum atomic E-state index is -4.22. The van der Waals surface area contributed by atoms with Gasteiger partial charge in [0.05, 0.1) is 10.4 Å². The van der Waals surface area contributed by atoms with Gasteiger partial charge in [-0.15, -0.1) is 22.7 Å². The Balaban J connectivity index is 1.82. The van der Waals surface area contributed by atoms with E-state index in [1.165, 1.54) is 18.3 Å².